The molecule has 0 saturated carbocycles. The Morgan fingerprint density at radius 2 is 1.41 bits per heavy atom. The van der Waals surface area contributed by atoms with Crippen LogP contribution in [0.4, 0.5) is 11.4 Å². The quantitative estimate of drug-likeness (QED) is 0.0943. The summed E-state index contributed by atoms with van der Waals surface area (Å²) in [7, 11) is 0. The number of benzene rings is 3. The van der Waals surface area contributed by atoms with Crippen LogP contribution < -0.4 is 27.3 Å². The molecule has 0 unspecified atom stereocenters. The van der Waals surface area contributed by atoms with Crippen LogP contribution in [-0.4, -0.2) is 75.5 Å². The molecule has 1 fully saturated rings. The Morgan fingerprint density at radius 3 is 1.85 bits per heavy atom. The van der Waals surface area contributed by atoms with E-state index in [0.29, 0.717) is 24.5 Å². The third-order valence-corrected chi connectivity index (χ3v) is 6.12. The molecular weight excluding hydrogens is 606 g/mol. The number of nitrogens with zero attached hydrogens (tertiary/aromatic N) is 1. The average Bonchev–Trinajstić information content (AvgIpc) is 3.05. The van der Waals surface area contributed by atoms with E-state index < -0.39 is 28.8 Å². The topological polar surface area (TPSA) is 292 Å². The van der Waals surface area contributed by atoms with Gasteiger partial charge in [0.05, 0.1) is 27.5 Å². The molecule has 0 amide bonds. The fourth-order valence-electron chi connectivity index (χ4n) is 3.68. The number of rotatable bonds is 9. The second-order valence-corrected chi connectivity index (χ2v) is 9.33. The van der Waals surface area contributed by atoms with Crippen molar-refractivity contribution in [2.45, 2.75) is 19.4 Å². The van der Waals surface area contributed by atoms with Gasteiger partial charge in [0, 0.05) is 19.2 Å². The Bertz CT molecular complexity index is 1460. The molecule has 0 atom stereocenters. The lowest BCUT2D eigenvalue weighted by Gasteiger charge is -2.17. The van der Waals surface area contributed by atoms with Crippen molar-refractivity contribution in [1.82, 2.24) is 5.32 Å². The maximum absolute atomic E-state index is 10.5. The fourth-order valence-corrected chi connectivity index (χ4v) is 3.68. The number of carboxylic acids is 4. The van der Waals surface area contributed by atoms with Crippen molar-refractivity contribution in [3.63, 3.8) is 0 Å². The lowest BCUT2D eigenvalue weighted by molar-refractivity contribution is -0.383. The molecule has 0 aromatic heterocycles. The summed E-state index contributed by atoms with van der Waals surface area (Å²) in [6.45, 7) is 2.86. The van der Waals surface area contributed by atoms with Crippen molar-refractivity contribution in [3.8, 4) is 5.75 Å². The van der Waals surface area contributed by atoms with Crippen molar-refractivity contribution >= 4 is 35.3 Å². The molecule has 1 aliphatic heterocycles. The molecule has 0 aliphatic carbocycles. The summed E-state index contributed by atoms with van der Waals surface area (Å²) in [6.07, 6.45) is 1.57. The first-order valence-electron chi connectivity index (χ1n) is 13.7. The number of nitrogen functional groups attached to an aromatic ring is 1. The van der Waals surface area contributed by atoms with Crippen LogP contribution in [0.5, 0.6) is 5.75 Å². The SMILES string of the molecule is NCCOc1ccc(C(=O)O)cc1.NCc1ccccc1C(=O)O.Nc1ccc(C(=O)O)cc1[N+](=O)[O-].O=C(O)C1CCNCC1. The van der Waals surface area contributed by atoms with E-state index in [0.717, 1.165) is 32.0 Å². The van der Waals surface area contributed by atoms with Gasteiger partial charge in [0.1, 0.15) is 18.0 Å². The minimum absolute atomic E-state index is 0.0463. The number of carboxylic acid groups (broad SMARTS) is 4. The molecule has 4 rings (SSSR count). The molecule has 46 heavy (non-hydrogen) atoms. The van der Waals surface area contributed by atoms with Crippen LogP contribution in [0.2, 0.25) is 0 Å². The van der Waals surface area contributed by atoms with E-state index >= 15 is 0 Å². The third kappa shape index (κ3) is 13.8. The van der Waals surface area contributed by atoms with Gasteiger partial charge in [-0.1, -0.05) is 18.2 Å². The lowest BCUT2D eigenvalue weighted by Crippen LogP contribution is -2.31. The molecule has 3 aromatic carbocycles. The fraction of sp³-hybridized carbons (Fsp3) is 0.267. The standard InChI is InChI=1S/C9H11NO3.C8H9NO2.C7H6N2O4.C6H11NO2/c10-5-6-13-8-3-1-7(2-4-8)9(11)12;9-5-6-3-1-2-4-7(6)8(10)11;8-5-2-1-4(7(10)11)3-6(5)9(12)13;8-6(9)5-1-3-7-4-2-5/h1-4H,5-6,10H2,(H,11,12);1-4H,5,9H2,(H,10,11);1-3H,8H2,(H,10,11);5,7H,1-4H2,(H,8,9). The highest BCUT2D eigenvalue weighted by Crippen LogP contribution is 2.22. The minimum atomic E-state index is -1.22. The first-order chi connectivity index (χ1) is 21.8. The summed E-state index contributed by atoms with van der Waals surface area (Å²) >= 11 is 0. The second kappa shape index (κ2) is 20.4. The number of nitrogens with two attached hydrogens (primary N) is 3. The number of anilines is 1. The van der Waals surface area contributed by atoms with Gasteiger partial charge in [0.2, 0.25) is 0 Å². The van der Waals surface area contributed by atoms with Gasteiger partial charge in [0.25, 0.3) is 5.69 Å². The molecule has 16 heteroatoms. The molecule has 16 nitrogen and oxygen atoms in total. The molecule has 248 valence electrons. The van der Waals surface area contributed by atoms with Crippen LogP contribution >= 0.6 is 0 Å². The molecular formula is C30H37N5O11. The van der Waals surface area contributed by atoms with Gasteiger partial charge in [-0.3, -0.25) is 14.9 Å². The van der Waals surface area contributed by atoms with E-state index in [1.54, 1.807) is 36.4 Å². The number of ether oxygens (including phenoxy) is 1. The Hall–Kier alpha value is -5.58. The van der Waals surface area contributed by atoms with E-state index in [4.69, 9.17) is 42.4 Å². The predicted molar refractivity (Wildman–Crippen MR) is 167 cm³/mol. The number of aliphatic carboxylic acids is 1. The van der Waals surface area contributed by atoms with Gasteiger partial charge >= 0.3 is 23.9 Å². The van der Waals surface area contributed by atoms with E-state index in [2.05, 4.69) is 5.32 Å². The van der Waals surface area contributed by atoms with Crippen LogP contribution in [0.25, 0.3) is 0 Å². The zero-order chi connectivity index (χ0) is 34.6. The number of piperidine rings is 1. The Balaban J connectivity index is 0.000000309. The van der Waals surface area contributed by atoms with E-state index in [1.807, 2.05) is 0 Å². The molecule has 1 heterocycles. The highest BCUT2D eigenvalue weighted by Gasteiger charge is 2.19. The van der Waals surface area contributed by atoms with Crippen LogP contribution in [0, 0.1) is 16.0 Å². The van der Waals surface area contributed by atoms with Gasteiger partial charge < -0.3 is 47.7 Å². The summed E-state index contributed by atoms with van der Waals surface area (Å²) in [5.74, 6) is -3.18. The Morgan fingerprint density at radius 1 is 0.848 bits per heavy atom. The smallest absolute Gasteiger partial charge is 0.336 e. The number of carbonyl (C=O) groups is 4. The molecule has 0 radical (unpaired) electrons. The van der Waals surface area contributed by atoms with Gasteiger partial charge in [0.15, 0.2) is 0 Å². The predicted octanol–water partition coefficient (Wildman–Crippen LogP) is 2.51. The molecule has 0 spiro atoms. The summed E-state index contributed by atoms with van der Waals surface area (Å²) < 4.78 is 5.17. The van der Waals surface area contributed by atoms with Gasteiger partial charge in [-0.05, 0) is 74.0 Å². The Labute approximate surface area is 263 Å². The summed E-state index contributed by atoms with van der Waals surface area (Å²) in [4.78, 5) is 51.3. The summed E-state index contributed by atoms with van der Waals surface area (Å²) in [6, 6.07) is 16.3. The summed E-state index contributed by atoms with van der Waals surface area (Å²) in [5.41, 5.74) is 16.4. The number of nitro benzene ring substituents is 1. The summed E-state index contributed by atoms with van der Waals surface area (Å²) in [5, 5.41) is 47.7. The normalized spacial score (nSPS) is 12.0. The highest BCUT2D eigenvalue weighted by molar-refractivity contribution is 5.90. The van der Waals surface area contributed by atoms with Crippen molar-refractivity contribution in [2.75, 3.05) is 32.0 Å². The number of aromatic carboxylic acids is 3. The average molecular weight is 644 g/mol. The van der Waals surface area contributed by atoms with Gasteiger partial charge in [-0.25, -0.2) is 14.4 Å². The van der Waals surface area contributed by atoms with Gasteiger partial charge in [-0.15, -0.1) is 0 Å². The highest BCUT2D eigenvalue weighted by atomic mass is 16.6. The van der Waals surface area contributed by atoms with Crippen molar-refractivity contribution < 1.29 is 49.3 Å². The molecule has 3 aromatic rings. The van der Waals surface area contributed by atoms with E-state index in [-0.39, 0.29) is 40.5 Å². The van der Waals surface area contributed by atoms with Crippen LogP contribution in [0.3, 0.4) is 0 Å². The monoisotopic (exact) mass is 643 g/mol. The van der Waals surface area contributed by atoms with Crippen molar-refractivity contribution in [2.24, 2.45) is 17.4 Å². The van der Waals surface area contributed by atoms with Gasteiger partial charge in [-0.2, -0.15) is 0 Å². The number of nitrogens with one attached hydrogen (secondary N) is 1. The largest absolute Gasteiger partial charge is 0.492 e. The van der Waals surface area contributed by atoms with E-state index in [1.165, 1.54) is 24.3 Å². The van der Waals surface area contributed by atoms with Crippen LogP contribution in [0.1, 0.15) is 49.5 Å². The van der Waals surface area contributed by atoms with Crippen molar-refractivity contribution in [1.29, 1.82) is 0 Å². The molecule has 0 bridgehead atoms. The maximum atomic E-state index is 10.5. The molecule has 11 N–H and O–H groups in total. The number of hydrogen-bond donors (Lipinski definition) is 8. The number of hydrogen-bond acceptors (Lipinski definition) is 11. The van der Waals surface area contributed by atoms with Crippen LogP contribution in [-0.2, 0) is 11.3 Å². The zero-order valence-corrected chi connectivity index (χ0v) is 24.7. The first kappa shape index (κ1) is 38.4. The van der Waals surface area contributed by atoms with Crippen molar-refractivity contribution in [3.05, 3.63) is 99.1 Å². The second-order valence-electron chi connectivity index (χ2n) is 9.33. The maximum Gasteiger partial charge on any atom is 0.336 e. The number of nitro groups is 1. The van der Waals surface area contributed by atoms with Crippen LogP contribution in [0.15, 0.2) is 66.7 Å². The van der Waals surface area contributed by atoms with E-state index in [9.17, 15) is 29.3 Å². The molecule has 1 aliphatic rings. The Kier molecular flexibility index (Phi) is 17.0. The molecule has 1 saturated heterocycles. The lowest BCUT2D eigenvalue weighted by atomic mass is 9.99. The zero-order valence-electron chi connectivity index (χ0n) is 24.7. The first-order valence-corrected chi connectivity index (χ1v) is 13.7. The third-order valence-electron chi connectivity index (χ3n) is 6.12. The minimum Gasteiger partial charge on any atom is -0.492 e.